The number of carbonyl (C=O) groups excluding carboxylic acids is 1. The summed E-state index contributed by atoms with van der Waals surface area (Å²) in [5, 5.41) is 0.626. The summed E-state index contributed by atoms with van der Waals surface area (Å²) in [7, 11) is -3.45. The van der Waals surface area contributed by atoms with Gasteiger partial charge in [-0.05, 0) is 30.2 Å². The Bertz CT molecular complexity index is 790. The van der Waals surface area contributed by atoms with E-state index in [1.807, 2.05) is 26.0 Å². The molecule has 1 amide bonds. The fraction of sp³-hybridized carbons (Fsp3) is 0.611. The van der Waals surface area contributed by atoms with Gasteiger partial charge in [-0.25, -0.2) is 0 Å². The molecule has 3 rings (SSSR count). The largest absolute Gasteiger partial charge is 0.492 e. The molecule has 0 saturated carbocycles. The average Bonchev–Trinajstić information content (AvgIpc) is 2.67. The van der Waals surface area contributed by atoms with E-state index in [-0.39, 0.29) is 11.8 Å². The Balaban J connectivity index is 1.61. The highest BCUT2D eigenvalue weighted by Gasteiger charge is 2.35. The highest BCUT2D eigenvalue weighted by molar-refractivity contribution is 7.86. The third-order valence-electron chi connectivity index (χ3n) is 5.19. The van der Waals surface area contributed by atoms with Crippen molar-refractivity contribution in [3.05, 3.63) is 28.8 Å². The maximum atomic E-state index is 12.9. The van der Waals surface area contributed by atoms with Crippen LogP contribution in [-0.4, -0.2) is 73.7 Å². The van der Waals surface area contributed by atoms with E-state index >= 15 is 0 Å². The molecule has 0 spiro atoms. The van der Waals surface area contributed by atoms with Gasteiger partial charge in [0.2, 0.25) is 5.91 Å². The SMILES string of the molecule is CCN(CC)S(=O)(=O)N1CCN(C(=O)C2COc3ccc(Cl)cc3C2)CC1. The molecule has 150 valence electrons. The predicted molar refractivity (Wildman–Crippen MR) is 104 cm³/mol. The maximum Gasteiger partial charge on any atom is 0.282 e. The minimum atomic E-state index is -3.45. The fourth-order valence-electron chi connectivity index (χ4n) is 3.63. The summed E-state index contributed by atoms with van der Waals surface area (Å²) < 4.78 is 33.9. The van der Waals surface area contributed by atoms with E-state index in [9.17, 15) is 13.2 Å². The van der Waals surface area contributed by atoms with Crippen LogP contribution < -0.4 is 4.74 Å². The number of fused-ring (bicyclic) bond motifs is 1. The summed E-state index contributed by atoms with van der Waals surface area (Å²) in [6, 6.07) is 5.44. The molecule has 0 aliphatic carbocycles. The first kappa shape index (κ1) is 20.4. The second kappa shape index (κ2) is 8.34. The van der Waals surface area contributed by atoms with Crippen LogP contribution in [0.1, 0.15) is 19.4 Å². The lowest BCUT2D eigenvalue weighted by molar-refractivity contribution is -0.138. The van der Waals surface area contributed by atoms with Crippen molar-refractivity contribution in [3.8, 4) is 5.75 Å². The molecule has 7 nitrogen and oxygen atoms in total. The molecule has 1 fully saturated rings. The van der Waals surface area contributed by atoms with E-state index in [0.717, 1.165) is 11.3 Å². The van der Waals surface area contributed by atoms with Gasteiger partial charge in [0.05, 0.1) is 5.92 Å². The van der Waals surface area contributed by atoms with Crippen LogP contribution >= 0.6 is 11.6 Å². The molecular weight excluding hydrogens is 390 g/mol. The number of halogens is 1. The zero-order valence-electron chi connectivity index (χ0n) is 15.7. The van der Waals surface area contributed by atoms with Crippen LogP contribution in [-0.2, 0) is 21.4 Å². The highest BCUT2D eigenvalue weighted by Crippen LogP contribution is 2.30. The monoisotopic (exact) mass is 415 g/mol. The minimum absolute atomic E-state index is 0.0144. The topological polar surface area (TPSA) is 70.2 Å². The molecule has 1 aromatic carbocycles. The van der Waals surface area contributed by atoms with Crippen LogP contribution in [0.15, 0.2) is 18.2 Å². The molecule has 0 N–H and O–H groups in total. The van der Waals surface area contributed by atoms with Crippen molar-refractivity contribution in [3.63, 3.8) is 0 Å². The van der Waals surface area contributed by atoms with Crippen LogP contribution in [0, 0.1) is 5.92 Å². The molecule has 1 saturated heterocycles. The van der Waals surface area contributed by atoms with Crippen molar-refractivity contribution in [1.82, 2.24) is 13.5 Å². The molecule has 27 heavy (non-hydrogen) atoms. The number of hydrogen-bond donors (Lipinski definition) is 0. The number of hydrogen-bond acceptors (Lipinski definition) is 4. The maximum absolute atomic E-state index is 12.9. The van der Waals surface area contributed by atoms with Gasteiger partial charge < -0.3 is 9.64 Å². The molecular formula is C18H26ClN3O4S. The Hall–Kier alpha value is -1.35. The number of amides is 1. The molecule has 1 unspecified atom stereocenters. The van der Waals surface area contributed by atoms with Gasteiger partial charge in [0, 0.05) is 44.3 Å². The number of piperazine rings is 1. The quantitative estimate of drug-likeness (QED) is 0.732. The van der Waals surface area contributed by atoms with Crippen molar-refractivity contribution in [2.24, 2.45) is 5.92 Å². The van der Waals surface area contributed by atoms with Crippen molar-refractivity contribution < 1.29 is 17.9 Å². The van der Waals surface area contributed by atoms with Gasteiger partial charge in [-0.3, -0.25) is 4.79 Å². The summed E-state index contributed by atoms with van der Waals surface area (Å²) in [5.41, 5.74) is 0.940. The molecule has 2 aliphatic rings. The van der Waals surface area contributed by atoms with Gasteiger partial charge in [-0.15, -0.1) is 0 Å². The van der Waals surface area contributed by atoms with Gasteiger partial charge in [0.1, 0.15) is 12.4 Å². The molecule has 1 aromatic rings. The first-order valence-electron chi connectivity index (χ1n) is 9.32. The number of ether oxygens (including phenoxy) is 1. The van der Waals surface area contributed by atoms with Crippen LogP contribution in [0.4, 0.5) is 0 Å². The van der Waals surface area contributed by atoms with E-state index in [2.05, 4.69) is 0 Å². The van der Waals surface area contributed by atoms with E-state index in [0.29, 0.717) is 57.3 Å². The lowest BCUT2D eigenvalue weighted by atomic mass is 9.95. The van der Waals surface area contributed by atoms with Gasteiger partial charge >= 0.3 is 0 Å². The predicted octanol–water partition coefficient (Wildman–Crippen LogP) is 1.62. The number of carbonyl (C=O) groups is 1. The molecule has 0 aromatic heterocycles. The Labute approximate surface area is 166 Å². The fourth-order valence-corrected chi connectivity index (χ4v) is 5.43. The number of nitrogens with zero attached hydrogens (tertiary/aromatic N) is 3. The first-order chi connectivity index (χ1) is 12.9. The van der Waals surface area contributed by atoms with Crippen molar-refractivity contribution in [2.75, 3.05) is 45.9 Å². The van der Waals surface area contributed by atoms with E-state index in [1.165, 1.54) is 8.61 Å². The Kier molecular flexibility index (Phi) is 6.30. The lowest BCUT2D eigenvalue weighted by Crippen LogP contribution is -2.55. The summed E-state index contributed by atoms with van der Waals surface area (Å²) in [4.78, 5) is 14.6. The Morgan fingerprint density at radius 1 is 1.22 bits per heavy atom. The zero-order chi connectivity index (χ0) is 19.6. The van der Waals surface area contributed by atoms with Crippen LogP contribution in [0.3, 0.4) is 0 Å². The summed E-state index contributed by atoms with van der Waals surface area (Å²) in [6.07, 6.45) is 0.590. The minimum Gasteiger partial charge on any atom is -0.492 e. The first-order valence-corrected chi connectivity index (χ1v) is 11.1. The second-order valence-corrected chi connectivity index (χ2v) is 9.15. The molecule has 1 atom stereocenters. The summed E-state index contributed by atoms with van der Waals surface area (Å²) >= 11 is 6.04. The van der Waals surface area contributed by atoms with Crippen LogP contribution in [0.2, 0.25) is 5.02 Å². The molecule has 2 aliphatic heterocycles. The third kappa shape index (κ3) is 4.23. The highest BCUT2D eigenvalue weighted by atomic mass is 35.5. The number of rotatable bonds is 5. The van der Waals surface area contributed by atoms with Gasteiger partial charge in [0.25, 0.3) is 10.2 Å². The molecule has 0 bridgehead atoms. The standard InChI is InChI=1S/C18H26ClN3O4S/c1-3-21(4-2)27(24,25)22-9-7-20(8-10-22)18(23)15-11-14-12-16(19)5-6-17(14)26-13-15/h5-6,12,15H,3-4,7-11,13H2,1-2H3. The smallest absolute Gasteiger partial charge is 0.282 e. The van der Waals surface area contributed by atoms with E-state index in [1.54, 1.807) is 11.0 Å². The molecule has 9 heteroatoms. The number of benzene rings is 1. The second-order valence-electron chi connectivity index (χ2n) is 6.78. The van der Waals surface area contributed by atoms with Crippen molar-refractivity contribution in [1.29, 1.82) is 0 Å². The van der Waals surface area contributed by atoms with E-state index < -0.39 is 10.2 Å². The summed E-state index contributed by atoms with van der Waals surface area (Å²) in [6.45, 7) is 6.32. The molecule has 0 radical (unpaired) electrons. The third-order valence-corrected chi connectivity index (χ3v) is 7.61. The van der Waals surface area contributed by atoms with Gasteiger partial charge in [-0.1, -0.05) is 25.4 Å². The van der Waals surface area contributed by atoms with Crippen LogP contribution in [0.5, 0.6) is 5.75 Å². The van der Waals surface area contributed by atoms with Gasteiger partial charge in [0.15, 0.2) is 0 Å². The Morgan fingerprint density at radius 2 is 1.89 bits per heavy atom. The zero-order valence-corrected chi connectivity index (χ0v) is 17.3. The van der Waals surface area contributed by atoms with Crippen molar-refractivity contribution >= 4 is 27.7 Å². The van der Waals surface area contributed by atoms with E-state index in [4.69, 9.17) is 16.3 Å². The lowest BCUT2D eigenvalue weighted by Gasteiger charge is -2.38. The summed E-state index contributed by atoms with van der Waals surface area (Å²) in [5.74, 6) is 0.529. The normalized spacial score (nSPS) is 21.0. The van der Waals surface area contributed by atoms with Crippen LogP contribution in [0.25, 0.3) is 0 Å². The Morgan fingerprint density at radius 3 is 2.52 bits per heavy atom. The average molecular weight is 416 g/mol. The van der Waals surface area contributed by atoms with Gasteiger partial charge in [-0.2, -0.15) is 17.0 Å². The van der Waals surface area contributed by atoms with Crippen molar-refractivity contribution in [2.45, 2.75) is 20.3 Å². The molecule has 2 heterocycles.